The summed E-state index contributed by atoms with van der Waals surface area (Å²) in [6, 6.07) is 5.59. The van der Waals surface area contributed by atoms with Crippen LogP contribution in [0, 0.1) is 19.3 Å². The molecule has 0 aromatic heterocycles. The molecule has 2 amide bonds. The number of carbonyl (C=O) groups is 2. The molecule has 0 radical (unpaired) electrons. The second-order valence-electron chi connectivity index (χ2n) is 6.95. The molecule has 1 N–H and O–H groups in total. The minimum absolute atomic E-state index is 0.0293. The Hall–Kier alpha value is -1.84. The van der Waals surface area contributed by atoms with Crippen molar-refractivity contribution in [3.63, 3.8) is 0 Å². The van der Waals surface area contributed by atoms with Gasteiger partial charge in [0.15, 0.2) is 0 Å². The molecule has 0 aliphatic carbocycles. The molecule has 114 valence electrons. The molecule has 1 atom stereocenters. The molecule has 1 aromatic carbocycles. The minimum atomic E-state index is -0.492. The highest BCUT2D eigenvalue weighted by Crippen LogP contribution is 2.27. The van der Waals surface area contributed by atoms with Gasteiger partial charge in [-0.3, -0.25) is 9.59 Å². The molecule has 1 aliphatic rings. The number of aryl methyl sites for hydroxylation is 2. The summed E-state index contributed by atoms with van der Waals surface area (Å²) in [5.41, 5.74) is 2.80. The van der Waals surface area contributed by atoms with E-state index in [1.807, 2.05) is 46.8 Å². The van der Waals surface area contributed by atoms with E-state index < -0.39 is 6.04 Å². The lowest BCUT2D eigenvalue weighted by atomic mass is 9.86. The zero-order valence-electron chi connectivity index (χ0n) is 13.5. The van der Waals surface area contributed by atoms with Crippen LogP contribution in [0.3, 0.4) is 0 Å². The zero-order valence-corrected chi connectivity index (χ0v) is 13.5. The van der Waals surface area contributed by atoms with E-state index in [0.29, 0.717) is 13.0 Å². The van der Waals surface area contributed by atoms with E-state index in [9.17, 15) is 9.59 Å². The maximum Gasteiger partial charge on any atom is 0.250 e. The molecular weight excluding hydrogens is 264 g/mol. The number of amides is 2. The van der Waals surface area contributed by atoms with Crippen LogP contribution in [0.4, 0.5) is 5.69 Å². The number of nitrogens with zero attached hydrogens (tertiary/aromatic N) is 1. The summed E-state index contributed by atoms with van der Waals surface area (Å²) < 4.78 is 0. The van der Waals surface area contributed by atoms with E-state index in [0.717, 1.165) is 16.8 Å². The van der Waals surface area contributed by atoms with Crippen molar-refractivity contribution in [1.29, 1.82) is 0 Å². The van der Waals surface area contributed by atoms with Crippen molar-refractivity contribution in [1.82, 2.24) is 5.32 Å². The fraction of sp³-hybridized carbons (Fsp3) is 0.529. The van der Waals surface area contributed by atoms with Crippen LogP contribution >= 0.6 is 0 Å². The third kappa shape index (κ3) is 3.43. The van der Waals surface area contributed by atoms with Crippen molar-refractivity contribution in [3.05, 3.63) is 29.3 Å². The maximum absolute atomic E-state index is 12.9. The normalized spacial score (nSPS) is 20.2. The van der Waals surface area contributed by atoms with Gasteiger partial charge in [0.1, 0.15) is 6.04 Å². The van der Waals surface area contributed by atoms with Gasteiger partial charge >= 0.3 is 0 Å². The van der Waals surface area contributed by atoms with Crippen LogP contribution in [0.15, 0.2) is 18.2 Å². The predicted molar refractivity (Wildman–Crippen MR) is 84.3 cm³/mol. The molecule has 1 aromatic rings. The van der Waals surface area contributed by atoms with E-state index in [1.165, 1.54) is 0 Å². The van der Waals surface area contributed by atoms with Gasteiger partial charge in [-0.25, -0.2) is 0 Å². The average molecular weight is 288 g/mol. The Labute approximate surface area is 126 Å². The molecule has 4 heteroatoms. The first kappa shape index (κ1) is 15.5. The fourth-order valence-corrected chi connectivity index (χ4v) is 2.72. The van der Waals surface area contributed by atoms with Crippen LogP contribution in [-0.2, 0) is 9.59 Å². The van der Waals surface area contributed by atoms with Gasteiger partial charge in [-0.1, -0.05) is 26.8 Å². The number of rotatable bonds is 1. The highest BCUT2D eigenvalue weighted by molar-refractivity contribution is 6.01. The summed E-state index contributed by atoms with van der Waals surface area (Å²) >= 11 is 0. The highest BCUT2D eigenvalue weighted by atomic mass is 16.2. The molecule has 0 bridgehead atoms. The first-order valence-corrected chi connectivity index (χ1v) is 7.37. The van der Waals surface area contributed by atoms with Gasteiger partial charge in [0.05, 0.1) is 0 Å². The van der Waals surface area contributed by atoms with Crippen molar-refractivity contribution in [3.8, 4) is 0 Å². The van der Waals surface area contributed by atoms with Gasteiger partial charge in [-0.2, -0.15) is 0 Å². The molecule has 1 heterocycles. The van der Waals surface area contributed by atoms with Crippen LogP contribution in [0.1, 0.15) is 38.3 Å². The first-order valence-electron chi connectivity index (χ1n) is 7.37. The zero-order chi connectivity index (χ0) is 15.8. The molecule has 1 aliphatic heterocycles. The number of anilines is 1. The van der Waals surface area contributed by atoms with Gasteiger partial charge in [0, 0.05) is 18.7 Å². The van der Waals surface area contributed by atoms with E-state index >= 15 is 0 Å². The van der Waals surface area contributed by atoms with Gasteiger partial charge in [-0.05, 0) is 42.5 Å². The Balaban J connectivity index is 2.42. The second-order valence-corrected chi connectivity index (χ2v) is 6.95. The average Bonchev–Trinajstić information content (AvgIpc) is 2.47. The Morgan fingerprint density at radius 2 is 1.67 bits per heavy atom. The number of hydrogen-bond donors (Lipinski definition) is 1. The standard InChI is InChI=1S/C17H24N2O2/c1-11-8-12(2)10-13(9-11)19-7-6-14(20)18-15(16(19)21)17(3,4)5/h8-10,15H,6-7H2,1-5H3,(H,18,20). The van der Waals surface area contributed by atoms with Crippen LogP contribution in [-0.4, -0.2) is 24.4 Å². The predicted octanol–water partition coefficient (Wildman–Crippen LogP) is 2.57. The molecule has 1 saturated heterocycles. The number of carbonyl (C=O) groups excluding carboxylic acids is 2. The second kappa shape index (κ2) is 5.51. The molecule has 2 rings (SSSR count). The van der Waals surface area contributed by atoms with Gasteiger partial charge in [-0.15, -0.1) is 0 Å². The largest absolute Gasteiger partial charge is 0.344 e. The number of nitrogens with one attached hydrogen (secondary N) is 1. The Kier molecular flexibility index (Phi) is 4.08. The van der Waals surface area contributed by atoms with Crippen LogP contribution in [0.25, 0.3) is 0 Å². The SMILES string of the molecule is Cc1cc(C)cc(N2CCC(=O)NC(C(C)(C)C)C2=O)c1. The molecule has 0 saturated carbocycles. The fourth-order valence-electron chi connectivity index (χ4n) is 2.72. The lowest BCUT2D eigenvalue weighted by Gasteiger charge is -2.32. The quantitative estimate of drug-likeness (QED) is 0.863. The summed E-state index contributed by atoms with van der Waals surface area (Å²) in [6.45, 7) is 10.4. The third-order valence-electron chi connectivity index (χ3n) is 3.76. The molecule has 1 unspecified atom stereocenters. The van der Waals surface area contributed by atoms with Crippen molar-refractivity contribution < 1.29 is 9.59 Å². The number of hydrogen-bond acceptors (Lipinski definition) is 2. The van der Waals surface area contributed by atoms with E-state index in [4.69, 9.17) is 0 Å². The smallest absolute Gasteiger partial charge is 0.250 e. The Bertz CT molecular complexity index is 552. The highest BCUT2D eigenvalue weighted by Gasteiger charge is 2.38. The van der Waals surface area contributed by atoms with Crippen molar-refractivity contribution >= 4 is 17.5 Å². The summed E-state index contributed by atoms with van der Waals surface area (Å²) in [7, 11) is 0. The molecule has 0 spiro atoms. The van der Waals surface area contributed by atoms with Gasteiger partial charge in [0.25, 0.3) is 0 Å². The summed E-state index contributed by atoms with van der Waals surface area (Å²) in [5.74, 6) is -0.0894. The third-order valence-corrected chi connectivity index (χ3v) is 3.76. The summed E-state index contributed by atoms with van der Waals surface area (Å²) in [4.78, 5) is 26.5. The van der Waals surface area contributed by atoms with Gasteiger partial charge < -0.3 is 10.2 Å². The Morgan fingerprint density at radius 3 is 2.19 bits per heavy atom. The topological polar surface area (TPSA) is 49.4 Å². The van der Waals surface area contributed by atoms with Gasteiger partial charge in [0.2, 0.25) is 11.8 Å². The monoisotopic (exact) mass is 288 g/mol. The molecular formula is C17H24N2O2. The van der Waals surface area contributed by atoms with Crippen LogP contribution in [0.5, 0.6) is 0 Å². The number of benzene rings is 1. The summed E-state index contributed by atoms with van der Waals surface area (Å²) in [5, 5.41) is 2.87. The van der Waals surface area contributed by atoms with E-state index in [2.05, 4.69) is 11.4 Å². The summed E-state index contributed by atoms with van der Waals surface area (Å²) in [6.07, 6.45) is 0.339. The van der Waals surface area contributed by atoms with E-state index in [-0.39, 0.29) is 17.2 Å². The minimum Gasteiger partial charge on any atom is -0.344 e. The van der Waals surface area contributed by atoms with Crippen molar-refractivity contribution in [2.45, 2.75) is 47.1 Å². The van der Waals surface area contributed by atoms with Crippen LogP contribution < -0.4 is 10.2 Å². The lowest BCUT2D eigenvalue weighted by molar-refractivity contribution is -0.127. The molecule has 4 nitrogen and oxygen atoms in total. The van der Waals surface area contributed by atoms with Crippen LogP contribution in [0.2, 0.25) is 0 Å². The van der Waals surface area contributed by atoms with Crippen molar-refractivity contribution in [2.24, 2.45) is 5.41 Å². The maximum atomic E-state index is 12.9. The molecule has 1 fully saturated rings. The Morgan fingerprint density at radius 1 is 1.10 bits per heavy atom. The van der Waals surface area contributed by atoms with Crippen molar-refractivity contribution in [2.75, 3.05) is 11.4 Å². The van der Waals surface area contributed by atoms with E-state index in [1.54, 1.807) is 4.90 Å². The molecule has 21 heavy (non-hydrogen) atoms. The lowest BCUT2D eigenvalue weighted by Crippen LogP contribution is -2.52. The first-order chi connectivity index (χ1) is 9.68.